The van der Waals surface area contributed by atoms with E-state index in [0.29, 0.717) is 6.04 Å². The monoisotopic (exact) mass is 199 g/mol. The van der Waals surface area contributed by atoms with Gasteiger partial charge in [0.1, 0.15) is 0 Å². The molecule has 14 heavy (non-hydrogen) atoms. The Hall–Kier alpha value is -0.770. The Morgan fingerprint density at radius 1 is 1.43 bits per heavy atom. The van der Waals surface area contributed by atoms with E-state index >= 15 is 0 Å². The van der Waals surface area contributed by atoms with Gasteiger partial charge in [-0.25, -0.2) is 4.79 Å². The van der Waals surface area contributed by atoms with Gasteiger partial charge in [0.05, 0.1) is 0 Å². The number of hydrogen-bond donors (Lipinski definition) is 1. The van der Waals surface area contributed by atoms with E-state index in [0.717, 1.165) is 32.5 Å². The Morgan fingerprint density at radius 2 is 2.00 bits per heavy atom. The van der Waals surface area contributed by atoms with Crippen LogP contribution in [-0.4, -0.2) is 55.6 Å². The Kier molecular flexibility index (Phi) is 4.20. The molecule has 0 radical (unpaired) electrons. The molecule has 0 aliphatic carbocycles. The van der Waals surface area contributed by atoms with Crippen molar-refractivity contribution < 1.29 is 4.79 Å². The van der Waals surface area contributed by atoms with E-state index in [9.17, 15) is 4.79 Å². The van der Waals surface area contributed by atoms with Crippen molar-refractivity contribution in [2.45, 2.75) is 25.8 Å². The third kappa shape index (κ3) is 3.18. The summed E-state index contributed by atoms with van der Waals surface area (Å²) in [7, 11) is 4.04. The summed E-state index contributed by atoms with van der Waals surface area (Å²) in [6, 6.07) is 0.484. The Balaban J connectivity index is 2.20. The van der Waals surface area contributed by atoms with Gasteiger partial charge in [-0.2, -0.15) is 0 Å². The Bertz CT molecular complexity index is 188. The molecule has 0 saturated carbocycles. The summed E-state index contributed by atoms with van der Waals surface area (Å²) in [6.07, 6.45) is 2.30. The maximum atomic E-state index is 11.6. The van der Waals surface area contributed by atoms with Gasteiger partial charge in [-0.15, -0.1) is 0 Å². The molecule has 1 unspecified atom stereocenters. The van der Waals surface area contributed by atoms with Gasteiger partial charge in [0.2, 0.25) is 0 Å². The lowest BCUT2D eigenvalue weighted by Gasteiger charge is -2.22. The van der Waals surface area contributed by atoms with E-state index in [-0.39, 0.29) is 6.03 Å². The van der Waals surface area contributed by atoms with Gasteiger partial charge in [0, 0.05) is 25.7 Å². The normalized spacial score (nSPS) is 18.7. The van der Waals surface area contributed by atoms with Crippen molar-refractivity contribution in [1.82, 2.24) is 15.1 Å². The fourth-order valence-electron chi connectivity index (χ4n) is 1.45. The molecular weight excluding hydrogens is 178 g/mol. The van der Waals surface area contributed by atoms with Crippen molar-refractivity contribution in [3.05, 3.63) is 0 Å². The summed E-state index contributed by atoms with van der Waals surface area (Å²) in [4.78, 5) is 15.6. The molecule has 1 fully saturated rings. The molecule has 82 valence electrons. The maximum absolute atomic E-state index is 11.6. The quantitative estimate of drug-likeness (QED) is 0.727. The maximum Gasteiger partial charge on any atom is 0.317 e. The van der Waals surface area contributed by atoms with Crippen molar-refractivity contribution in [2.75, 3.05) is 33.7 Å². The molecule has 1 N–H and O–H groups in total. The zero-order chi connectivity index (χ0) is 10.6. The van der Waals surface area contributed by atoms with Crippen LogP contribution in [0.25, 0.3) is 0 Å². The van der Waals surface area contributed by atoms with Gasteiger partial charge >= 0.3 is 6.03 Å². The molecular formula is C10H21N3O. The molecule has 0 aromatic carbocycles. The van der Waals surface area contributed by atoms with E-state index in [1.54, 1.807) is 0 Å². The van der Waals surface area contributed by atoms with Crippen LogP contribution in [-0.2, 0) is 0 Å². The first kappa shape index (κ1) is 11.3. The molecule has 1 aliphatic rings. The lowest BCUT2D eigenvalue weighted by Crippen LogP contribution is -2.44. The Labute approximate surface area is 86.2 Å². The van der Waals surface area contributed by atoms with E-state index in [1.165, 1.54) is 0 Å². The average Bonchev–Trinajstić information content (AvgIpc) is 2.66. The van der Waals surface area contributed by atoms with Crippen molar-refractivity contribution in [3.63, 3.8) is 0 Å². The number of likely N-dealkylation sites (tertiary alicyclic amines) is 1. The molecule has 0 bridgehead atoms. The minimum atomic E-state index is 0.0937. The number of nitrogens with zero attached hydrogens (tertiary/aromatic N) is 2. The van der Waals surface area contributed by atoms with Crippen LogP contribution in [0, 0.1) is 0 Å². The third-order valence-corrected chi connectivity index (χ3v) is 2.82. The fraction of sp³-hybridized carbons (Fsp3) is 0.900. The lowest BCUT2D eigenvalue weighted by atomic mass is 10.3. The molecule has 0 spiro atoms. The summed E-state index contributed by atoms with van der Waals surface area (Å²) >= 11 is 0. The summed E-state index contributed by atoms with van der Waals surface area (Å²) < 4.78 is 0. The molecule has 2 amide bonds. The van der Waals surface area contributed by atoms with Crippen LogP contribution in [0.4, 0.5) is 4.79 Å². The largest absolute Gasteiger partial charge is 0.336 e. The summed E-state index contributed by atoms with van der Waals surface area (Å²) in [5.74, 6) is 0. The van der Waals surface area contributed by atoms with E-state index in [1.807, 2.05) is 19.0 Å². The molecule has 1 heterocycles. The number of nitrogens with one attached hydrogen (secondary N) is 1. The highest BCUT2D eigenvalue weighted by Crippen LogP contribution is 2.06. The molecule has 4 nitrogen and oxygen atoms in total. The van der Waals surface area contributed by atoms with Crippen LogP contribution < -0.4 is 5.32 Å². The van der Waals surface area contributed by atoms with Gasteiger partial charge in [0.25, 0.3) is 0 Å². The zero-order valence-electron chi connectivity index (χ0n) is 9.42. The van der Waals surface area contributed by atoms with Crippen LogP contribution in [0.2, 0.25) is 0 Å². The van der Waals surface area contributed by atoms with Gasteiger partial charge < -0.3 is 15.1 Å². The minimum Gasteiger partial charge on any atom is -0.336 e. The predicted octanol–water partition coefficient (Wildman–Crippen LogP) is 0.742. The molecule has 1 aliphatic heterocycles. The first-order valence-electron chi connectivity index (χ1n) is 5.30. The van der Waals surface area contributed by atoms with E-state index in [2.05, 4.69) is 17.1 Å². The van der Waals surface area contributed by atoms with Crippen molar-refractivity contribution >= 4 is 6.03 Å². The summed E-state index contributed by atoms with van der Waals surface area (Å²) in [5.41, 5.74) is 0. The number of carbonyl (C=O) groups excluding carboxylic acids is 1. The Morgan fingerprint density at radius 3 is 2.50 bits per heavy atom. The third-order valence-electron chi connectivity index (χ3n) is 2.82. The van der Waals surface area contributed by atoms with Crippen LogP contribution in [0.1, 0.15) is 19.8 Å². The highest BCUT2D eigenvalue weighted by Gasteiger charge is 2.17. The van der Waals surface area contributed by atoms with Crippen LogP contribution in [0.3, 0.4) is 0 Å². The number of urea groups is 1. The second-order valence-corrected chi connectivity index (χ2v) is 4.19. The van der Waals surface area contributed by atoms with Crippen molar-refractivity contribution in [2.24, 2.45) is 0 Å². The molecule has 1 rings (SSSR count). The highest BCUT2D eigenvalue weighted by molar-refractivity contribution is 5.74. The number of likely N-dealkylation sites (N-methyl/N-ethyl adjacent to an activating group) is 1. The smallest absolute Gasteiger partial charge is 0.317 e. The minimum absolute atomic E-state index is 0.0937. The van der Waals surface area contributed by atoms with Crippen molar-refractivity contribution in [3.8, 4) is 0 Å². The molecule has 1 atom stereocenters. The molecule has 1 saturated heterocycles. The molecule has 0 aromatic rings. The summed E-state index contributed by atoms with van der Waals surface area (Å²) in [6.45, 7) is 4.66. The van der Waals surface area contributed by atoms with Gasteiger partial charge in [-0.3, -0.25) is 0 Å². The number of hydrogen-bond acceptors (Lipinski definition) is 2. The highest BCUT2D eigenvalue weighted by atomic mass is 16.2. The average molecular weight is 199 g/mol. The fourth-order valence-corrected chi connectivity index (χ4v) is 1.45. The van der Waals surface area contributed by atoms with Crippen molar-refractivity contribution in [1.29, 1.82) is 0 Å². The van der Waals surface area contributed by atoms with E-state index in [4.69, 9.17) is 0 Å². The topological polar surface area (TPSA) is 35.6 Å². The SMILES string of the molecule is CC(CNC(=O)N1CCCC1)N(C)C. The van der Waals surface area contributed by atoms with Crippen LogP contribution >= 0.6 is 0 Å². The van der Waals surface area contributed by atoms with Crippen LogP contribution in [0.15, 0.2) is 0 Å². The number of amides is 2. The zero-order valence-corrected chi connectivity index (χ0v) is 9.42. The second-order valence-electron chi connectivity index (χ2n) is 4.19. The van der Waals surface area contributed by atoms with Gasteiger partial charge in [-0.05, 0) is 33.9 Å². The second kappa shape index (κ2) is 5.20. The summed E-state index contributed by atoms with van der Waals surface area (Å²) in [5, 5.41) is 2.95. The number of rotatable bonds is 3. The van der Waals surface area contributed by atoms with E-state index < -0.39 is 0 Å². The molecule has 4 heteroatoms. The standard InChI is InChI=1S/C10H21N3O/c1-9(12(2)3)8-11-10(14)13-6-4-5-7-13/h9H,4-8H2,1-3H3,(H,11,14). The van der Waals surface area contributed by atoms with Gasteiger partial charge in [-0.1, -0.05) is 0 Å². The van der Waals surface area contributed by atoms with Gasteiger partial charge in [0.15, 0.2) is 0 Å². The first-order valence-corrected chi connectivity index (χ1v) is 5.30. The molecule has 0 aromatic heterocycles. The lowest BCUT2D eigenvalue weighted by molar-refractivity contribution is 0.204. The first-order chi connectivity index (χ1) is 6.61. The number of carbonyl (C=O) groups is 1. The predicted molar refractivity (Wildman–Crippen MR) is 57.4 cm³/mol. The van der Waals surface area contributed by atoms with Crippen LogP contribution in [0.5, 0.6) is 0 Å².